The number of carboxylic acid groups (broad SMARTS) is 1. The topological polar surface area (TPSA) is 89.7 Å². The van der Waals surface area contributed by atoms with E-state index >= 15 is 0 Å². The molecule has 1 rings (SSSR count). The maximum absolute atomic E-state index is 13.0. The molecule has 0 heterocycles. The van der Waals surface area contributed by atoms with Crippen LogP contribution >= 0.6 is 0 Å². The van der Waals surface area contributed by atoms with Gasteiger partial charge in [0.05, 0.1) is 4.92 Å². The van der Waals surface area contributed by atoms with E-state index in [0.29, 0.717) is 12.1 Å². The summed E-state index contributed by atoms with van der Waals surface area (Å²) in [5, 5.41) is 19.1. The second-order valence-corrected chi connectivity index (χ2v) is 2.71. The number of alkyl halides is 2. The fourth-order valence-corrected chi connectivity index (χ4v) is 1.09. The van der Waals surface area contributed by atoms with Crippen molar-refractivity contribution >= 4 is 11.7 Å². The Labute approximate surface area is 91.4 Å². The lowest BCUT2D eigenvalue weighted by atomic mass is 10.1. The molecule has 0 aliphatic rings. The normalized spacial score (nSPS) is 10.4. The maximum Gasteiger partial charge on any atom is 0.387 e. The molecule has 0 saturated carbocycles. The summed E-state index contributed by atoms with van der Waals surface area (Å²) in [4.78, 5) is 19.7. The molecule has 0 aliphatic heterocycles. The van der Waals surface area contributed by atoms with Gasteiger partial charge < -0.3 is 9.84 Å². The molecule has 92 valence electrons. The highest BCUT2D eigenvalue weighted by Gasteiger charge is 2.30. The van der Waals surface area contributed by atoms with Crippen LogP contribution in [-0.4, -0.2) is 22.6 Å². The Bertz CT molecular complexity index is 476. The van der Waals surface area contributed by atoms with E-state index in [1.807, 2.05) is 0 Å². The first-order chi connectivity index (χ1) is 7.84. The van der Waals surface area contributed by atoms with Crippen molar-refractivity contribution in [1.82, 2.24) is 0 Å². The van der Waals surface area contributed by atoms with Gasteiger partial charge in [-0.2, -0.15) is 13.2 Å². The average molecular weight is 251 g/mol. The lowest BCUT2D eigenvalue weighted by Gasteiger charge is -2.08. The smallest absolute Gasteiger partial charge is 0.387 e. The van der Waals surface area contributed by atoms with Gasteiger partial charge in [-0.25, -0.2) is 4.79 Å². The van der Waals surface area contributed by atoms with E-state index in [9.17, 15) is 28.1 Å². The summed E-state index contributed by atoms with van der Waals surface area (Å²) in [6, 6.07) is 1.09. The molecular weight excluding hydrogens is 247 g/mol. The zero-order valence-electron chi connectivity index (χ0n) is 7.89. The highest BCUT2D eigenvalue weighted by Crippen LogP contribution is 2.34. The van der Waals surface area contributed by atoms with Gasteiger partial charge in [-0.1, -0.05) is 0 Å². The average Bonchev–Trinajstić information content (AvgIpc) is 2.15. The van der Waals surface area contributed by atoms with Crippen LogP contribution in [0.15, 0.2) is 12.1 Å². The van der Waals surface area contributed by atoms with Crippen molar-refractivity contribution in [2.75, 3.05) is 0 Å². The maximum atomic E-state index is 13.0. The number of ether oxygens (including phenoxy) is 1. The van der Waals surface area contributed by atoms with Crippen molar-refractivity contribution < 1.29 is 32.7 Å². The Kier molecular flexibility index (Phi) is 3.51. The van der Waals surface area contributed by atoms with Gasteiger partial charge in [0.1, 0.15) is 5.56 Å². The van der Waals surface area contributed by atoms with E-state index in [-0.39, 0.29) is 0 Å². The third kappa shape index (κ3) is 2.62. The number of carbonyl (C=O) groups is 1. The number of hydrogen-bond donors (Lipinski definition) is 1. The van der Waals surface area contributed by atoms with Crippen LogP contribution in [0.1, 0.15) is 10.4 Å². The second-order valence-electron chi connectivity index (χ2n) is 2.71. The standard InChI is InChI=1S/C8H4F3NO5/c9-4-2-1-3(7(13)14)6(17-8(10)11)5(4)12(15)16/h1-2,8H,(H,13,14). The van der Waals surface area contributed by atoms with Crippen LogP contribution < -0.4 is 4.74 Å². The van der Waals surface area contributed by atoms with Gasteiger partial charge in [0, 0.05) is 0 Å². The molecule has 0 aromatic heterocycles. The largest absolute Gasteiger partial charge is 0.478 e. The van der Waals surface area contributed by atoms with Gasteiger partial charge in [-0.15, -0.1) is 0 Å². The number of nitro benzene ring substituents is 1. The monoisotopic (exact) mass is 251 g/mol. The summed E-state index contributed by atoms with van der Waals surface area (Å²) in [6.07, 6.45) is 0. The molecule has 0 atom stereocenters. The molecule has 0 unspecified atom stereocenters. The number of benzene rings is 1. The van der Waals surface area contributed by atoms with E-state index in [4.69, 9.17) is 5.11 Å². The molecule has 17 heavy (non-hydrogen) atoms. The molecule has 0 saturated heterocycles. The molecule has 0 amide bonds. The summed E-state index contributed by atoms with van der Waals surface area (Å²) in [6.45, 7) is -3.51. The molecule has 0 bridgehead atoms. The van der Waals surface area contributed by atoms with Gasteiger partial charge >= 0.3 is 18.3 Å². The molecule has 1 aromatic rings. The first-order valence-corrected chi connectivity index (χ1v) is 3.99. The molecule has 1 aromatic carbocycles. The quantitative estimate of drug-likeness (QED) is 0.653. The molecule has 0 fully saturated rings. The molecule has 1 N–H and O–H groups in total. The number of halogens is 3. The highest BCUT2D eigenvalue weighted by atomic mass is 19.3. The van der Waals surface area contributed by atoms with Gasteiger partial charge in [-0.05, 0) is 12.1 Å². The Morgan fingerprint density at radius 3 is 2.47 bits per heavy atom. The van der Waals surface area contributed by atoms with Crippen LogP contribution in [0.2, 0.25) is 0 Å². The van der Waals surface area contributed by atoms with Crippen molar-refractivity contribution in [2.24, 2.45) is 0 Å². The second kappa shape index (κ2) is 4.68. The zero-order valence-corrected chi connectivity index (χ0v) is 7.89. The summed E-state index contributed by atoms with van der Waals surface area (Å²) < 4.78 is 40.7. The van der Waals surface area contributed by atoms with Crippen molar-refractivity contribution in [2.45, 2.75) is 6.61 Å². The number of carboxylic acids is 1. The Morgan fingerprint density at radius 1 is 1.47 bits per heavy atom. The fourth-order valence-electron chi connectivity index (χ4n) is 1.09. The van der Waals surface area contributed by atoms with E-state index in [1.54, 1.807) is 0 Å². The minimum Gasteiger partial charge on any atom is -0.478 e. The number of hydrogen-bond acceptors (Lipinski definition) is 4. The zero-order chi connectivity index (χ0) is 13.2. The molecule has 9 heteroatoms. The van der Waals surface area contributed by atoms with Crippen molar-refractivity contribution in [3.63, 3.8) is 0 Å². The van der Waals surface area contributed by atoms with Crippen LogP contribution in [-0.2, 0) is 0 Å². The minimum absolute atomic E-state index is 0.486. The number of aromatic carboxylic acids is 1. The van der Waals surface area contributed by atoms with Gasteiger partial charge in [-0.3, -0.25) is 10.1 Å². The predicted molar refractivity (Wildman–Crippen MR) is 46.6 cm³/mol. The van der Waals surface area contributed by atoms with Gasteiger partial charge in [0.25, 0.3) is 0 Å². The Hall–Kier alpha value is -2.32. The summed E-state index contributed by atoms with van der Waals surface area (Å²) in [5.41, 5.74) is -2.36. The summed E-state index contributed by atoms with van der Waals surface area (Å²) >= 11 is 0. The fraction of sp³-hybridized carbons (Fsp3) is 0.125. The van der Waals surface area contributed by atoms with E-state index < -0.39 is 40.3 Å². The minimum atomic E-state index is -3.51. The predicted octanol–water partition coefficient (Wildman–Crippen LogP) is 2.03. The SMILES string of the molecule is O=C(O)c1ccc(F)c([N+](=O)[O-])c1OC(F)F. The molecule has 6 nitrogen and oxygen atoms in total. The third-order valence-corrected chi connectivity index (χ3v) is 1.70. The Morgan fingerprint density at radius 2 is 2.06 bits per heavy atom. The van der Waals surface area contributed by atoms with Crippen LogP contribution in [0.4, 0.5) is 18.9 Å². The highest BCUT2D eigenvalue weighted by molar-refractivity contribution is 5.92. The van der Waals surface area contributed by atoms with E-state index in [1.165, 1.54) is 0 Å². The number of nitrogens with zero attached hydrogens (tertiary/aromatic N) is 1. The third-order valence-electron chi connectivity index (χ3n) is 1.70. The van der Waals surface area contributed by atoms with Crippen LogP contribution in [0, 0.1) is 15.9 Å². The van der Waals surface area contributed by atoms with Gasteiger partial charge in [0.2, 0.25) is 11.6 Å². The first kappa shape index (κ1) is 12.7. The molecule has 0 spiro atoms. The molecule has 0 radical (unpaired) electrons. The van der Waals surface area contributed by atoms with Crippen LogP contribution in [0.5, 0.6) is 5.75 Å². The van der Waals surface area contributed by atoms with E-state index in [2.05, 4.69) is 4.74 Å². The Balaban J connectivity index is 3.49. The van der Waals surface area contributed by atoms with Crippen molar-refractivity contribution in [3.8, 4) is 5.75 Å². The lowest BCUT2D eigenvalue weighted by molar-refractivity contribution is -0.389. The van der Waals surface area contributed by atoms with Crippen LogP contribution in [0.3, 0.4) is 0 Å². The first-order valence-electron chi connectivity index (χ1n) is 3.99. The van der Waals surface area contributed by atoms with Gasteiger partial charge in [0.15, 0.2) is 0 Å². The number of nitro groups is 1. The van der Waals surface area contributed by atoms with Crippen molar-refractivity contribution in [1.29, 1.82) is 0 Å². The summed E-state index contributed by atoms with van der Waals surface area (Å²) in [5.74, 6) is -4.52. The summed E-state index contributed by atoms with van der Waals surface area (Å²) in [7, 11) is 0. The van der Waals surface area contributed by atoms with Crippen molar-refractivity contribution in [3.05, 3.63) is 33.6 Å². The molecular formula is C8H4F3NO5. The van der Waals surface area contributed by atoms with Crippen LogP contribution in [0.25, 0.3) is 0 Å². The van der Waals surface area contributed by atoms with E-state index in [0.717, 1.165) is 0 Å². The molecule has 0 aliphatic carbocycles. The lowest BCUT2D eigenvalue weighted by Crippen LogP contribution is -2.11. The number of rotatable bonds is 4.